The second-order valence-electron chi connectivity index (χ2n) is 5.14. The van der Waals surface area contributed by atoms with Crippen molar-refractivity contribution in [2.24, 2.45) is 22.7 Å². The molecule has 0 saturated carbocycles. The summed E-state index contributed by atoms with van der Waals surface area (Å²) in [6, 6.07) is -0.163. The van der Waals surface area contributed by atoms with Gasteiger partial charge in [-0.1, -0.05) is 12.1 Å². The van der Waals surface area contributed by atoms with Crippen LogP contribution in [-0.2, 0) is 9.53 Å². The van der Waals surface area contributed by atoms with E-state index < -0.39 is 0 Å². The van der Waals surface area contributed by atoms with Gasteiger partial charge in [-0.05, 0) is 26.7 Å². The molecule has 5 unspecified atom stereocenters. The van der Waals surface area contributed by atoms with Crippen molar-refractivity contribution in [3.05, 3.63) is 0 Å². The van der Waals surface area contributed by atoms with Gasteiger partial charge >= 0.3 is 0 Å². The van der Waals surface area contributed by atoms with E-state index in [9.17, 15) is 4.79 Å². The Balaban J connectivity index is 2.55. The minimum Gasteiger partial charge on any atom is -0.409 e. The van der Waals surface area contributed by atoms with Crippen LogP contribution in [0.1, 0.15) is 34.1 Å². The van der Waals surface area contributed by atoms with Crippen LogP contribution >= 0.6 is 0 Å². The van der Waals surface area contributed by atoms with E-state index in [-0.39, 0.29) is 41.8 Å². The Morgan fingerprint density at radius 1 is 1.44 bits per heavy atom. The van der Waals surface area contributed by atoms with E-state index in [1.165, 1.54) is 0 Å². The SMILES string of the molecule is CC(CC(N)=NO)NC(=O)C1C(C)OC(C)C1C. The van der Waals surface area contributed by atoms with Gasteiger partial charge in [-0.15, -0.1) is 0 Å². The first-order chi connectivity index (χ1) is 8.36. The number of amides is 1. The van der Waals surface area contributed by atoms with Crippen LogP contribution in [0, 0.1) is 11.8 Å². The summed E-state index contributed by atoms with van der Waals surface area (Å²) in [5.41, 5.74) is 5.40. The highest BCUT2D eigenvalue weighted by molar-refractivity contribution is 5.83. The van der Waals surface area contributed by atoms with E-state index in [2.05, 4.69) is 10.5 Å². The van der Waals surface area contributed by atoms with Crippen molar-refractivity contribution in [2.75, 3.05) is 0 Å². The van der Waals surface area contributed by atoms with Crippen LogP contribution in [0.2, 0.25) is 0 Å². The topological polar surface area (TPSA) is 96.9 Å². The van der Waals surface area contributed by atoms with Crippen molar-refractivity contribution in [2.45, 2.75) is 52.4 Å². The number of oxime groups is 1. The van der Waals surface area contributed by atoms with E-state index >= 15 is 0 Å². The third-order valence-corrected chi connectivity index (χ3v) is 3.58. The molecule has 1 heterocycles. The molecule has 0 aliphatic carbocycles. The predicted octanol–water partition coefficient (Wildman–Crippen LogP) is 0.687. The summed E-state index contributed by atoms with van der Waals surface area (Å²) >= 11 is 0. The molecule has 5 atom stereocenters. The molecule has 0 aromatic carbocycles. The van der Waals surface area contributed by atoms with E-state index in [0.29, 0.717) is 6.42 Å². The minimum absolute atomic E-state index is 0.0300. The van der Waals surface area contributed by atoms with Gasteiger partial charge in [0.05, 0.1) is 18.1 Å². The Hall–Kier alpha value is -1.30. The summed E-state index contributed by atoms with van der Waals surface area (Å²) in [7, 11) is 0. The molecule has 4 N–H and O–H groups in total. The molecule has 6 heteroatoms. The Morgan fingerprint density at radius 2 is 2.06 bits per heavy atom. The largest absolute Gasteiger partial charge is 0.409 e. The summed E-state index contributed by atoms with van der Waals surface area (Å²) in [6.07, 6.45) is 0.342. The van der Waals surface area contributed by atoms with Gasteiger partial charge in [0.1, 0.15) is 5.84 Å². The number of nitrogens with zero attached hydrogens (tertiary/aromatic N) is 1. The van der Waals surface area contributed by atoms with Crippen molar-refractivity contribution in [3.8, 4) is 0 Å². The zero-order chi connectivity index (χ0) is 13.9. The van der Waals surface area contributed by atoms with E-state index in [0.717, 1.165) is 0 Å². The number of rotatable bonds is 4. The summed E-state index contributed by atoms with van der Waals surface area (Å²) in [6.45, 7) is 7.74. The summed E-state index contributed by atoms with van der Waals surface area (Å²) in [4.78, 5) is 12.2. The molecule has 6 nitrogen and oxygen atoms in total. The molecular formula is C12H23N3O3. The number of carbonyl (C=O) groups excluding carboxylic acids is 1. The maximum atomic E-state index is 12.2. The van der Waals surface area contributed by atoms with Crippen LogP contribution in [0.5, 0.6) is 0 Å². The molecule has 1 rings (SSSR count). The van der Waals surface area contributed by atoms with E-state index in [4.69, 9.17) is 15.7 Å². The van der Waals surface area contributed by atoms with Crippen LogP contribution in [0.3, 0.4) is 0 Å². The lowest BCUT2D eigenvalue weighted by Crippen LogP contribution is -2.43. The second kappa shape index (κ2) is 6.04. The second-order valence-corrected chi connectivity index (χ2v) is 5.14. The first kappa shape index (κ1) is 14.8. The maximum absolute atomic E-state index is 12.2. The van der Waals surface area contributed by atoms with Crippen LogP contribution in [0.25, 0.3) is 0 Å². The fourth-order valence-electron chi connectivity index (χ4n) is 2.46. The standard InChI is InChI=1S/C12H23N3O3/c1-6(5-10(13)15-17)14-12(16)11-7(2)8(3)18-9(11)4/h6-9,11,17H,5H2,1-4H3,(H2,13,15)(H,14,16). The Labute approximate surface area is 108 Å². The summed E-state index contributed by atoms with van der Waals surface area (Å²) < 4.78 is 5.64. The van der Waals surface area contributed by atoms with Gasteiger partial charge in [0, 0.05) is 12.5 Å². The molecule has 1 saturated heterocycles. The third kappa shape index (κ3) is 3.35. The third-order valence-electron chi connectivity index (χ3n) is 3.58. The maximum Gasteiger partial charge on any atom is 0.226 e. The molecule has 1 fully saturated rings. The summed E-state index contributed by atoms with van der Waals surface area (Å²) in [5.74, 6) is 0.128. The first-order valence-corrected chi connectivity index (χ1v) is 6.29. The van der Waals surface area contributed by atoms with Gasteiger partial charge < -0.3 is 21.0 Å². The molecule has 1 aliphatic heterocycles. The van der Waals surface area contributed by atoms with Gasteiger partial charge in [0.25, 0.3) is 0 Å². The Kier molecular flexibility index (Phi) is 4.95. The van der Waals surface area contributed by atoms with Gasteiger partial charge in [0.15, 0.2) is 0 Å². The number of hydrogen-bond donors (Lipinski definition) is 3. The zero-order valence-electron chi connectivity index (χ0n) is 11.4. The Bertz CT molecular complexity index is 333. The molecule has 18 heavy (non-hydrogen) atoms. The molecule has 1 aliphatic rings. The van der Waals surface area contributed by atoms with Crippen LogP contribution in [0.15, 0.2) is 5.16 Å². The first-order valence-electron chi connectivity index (χ1n) is 6.29. The molecule has 0 bridgehead atoms. The molecule has 0 aromatic heterocycles. The van der Waals surface area contributed by atoms with Crippen molar-refractivity contribution >= 4 is 11.7 Å². The average Bonchev–Trinajstić information content (AvgIpc) is 2.52. The van der Waals surface area contributed by atoms with Crippen LogP contribution < -0.4 is 11.1 Å². The lowest BCUT2D eigenvalue weighted by Gasteiger charge is -2.21. The normalized spacial score (nSPS) is 34.3. The number of carbonyl (C=O) groups is 1. The monoisotopic (exact) mass is 257 g/mol. The molecular weight excluding hydrogens is 234 g/mol. The number of nitrogens with two attached hydrogens (primary N) is 1. The van der Waals surface area contributed by atoms with E-state index in [1.807, 2.05) is 27.7 Å². The zero-order valence-corrected chi connectivity index (χ0v) is 11.4. The molecule has 0 aromatic rings. The fraction of sp³-hybridized carbons (Fsp3) is 0.833. The van der Waals surface area contributed by atoms with E-state index in [1.54, 1.807) is 0 Å². The van der Waals surface area contributed by atoms with Crippen molar-refractivity contribution < 1.29 is 14.7 Å². The lowest BCUT2D eigenvalue weighted by atomic mass is 9.88. The quantitative estimate of drug-likeness (QED) is 0.299. The number of amidine groups is 1. The smallest absolute Gasteiger partial charge is 0.226 e. The molecule has 0 spiro atoms. The number of nitrogens with one attached hydrogen (secondary N) is 1. The highest BCUT2D eigenvalue weighted by Gasteiger charge is 2.41. The number of hydrogen-bond acceptors (Lipinski definition) is 4. The van der Waals surface area contributed by atoms with Crippen LogP contribution in [-0.4, -0.2) is 35.2 Å². The van der Waals surface area contributed by atoms with Crippen molar-refractivity contribution in [1.82, 2.24) is 5.32 Å². The Morgan fingerprint density at radius 3 is 2.50 bits per heavy atom. The molecule has 104 valence electrons. The highest BCUT2D eigenvalue weighted by Crippen LogP contribution is 2.32. The number of ether oxygens (including phenoxy) is 1. The molecule has 0 radical (unpaired) electrons. The lowest BCUT2D eigenvalue weighted by molar-refractivity contribution is -0.127. The fourth-order valence-corrected chi connectivity index (χ4v) is 2.46. The van der Waals surface area contributed by atoms with Crippen molar-refractivity contribution in [1.29, 1.82) is 0 Å². The van der Waals surface area contributed by atoms with Gasteiger partial charge in [-0.2, -0.15) is 0 Å². The average molecular weight is 257 g/mol. The van der Waals surface area contributed by atoms with Crippen LogP contribution in [0.4, 0.5) is 0 Å². The minimum atomic E-state index is -0.163. The summed E-state index contributed by atoms with van der Waals surface area (Å²) in [5, 5.41) is 14.2. The van der Waals surface area contributed by atoms with Gasteiger partial charge in [-0.3, -0.25) is 4.79 Å². The van der Waals surface area contributed by atoms with Crippen molar-refractivity contribution in [3.63, 3.8) is 0 Å². The highest BCUT2D eigenvalue weighted by atomic mass is 16.5. The van der Waals surface area contributed by atoms with Gasteiger partial charge in [-0.25, -0.2) is 0 Å². The molecule has 1 amide bonds. The van der Waals surface area contributed by atoms with Gasteiger partial charge in [0.2, 0.25) is 5.91 Å². The predicted molar refractivity (Wildman–Crippen MR) is 68.3 cm³/mol.